The summed E-state index contributed by atoms with van der Waals surface area (Å²) in [6.45, 7) is 3.20. The Balaban J connectivity index is 1.56. The third-order valence-corrected chi connectivity index (χ3v) is 6.25. The van der Waals surface area contributed by atoms with Crippen molar-refractivity contribution in [1.29, 1.82) is 0 Å². The van der Waals surface area contributed by atoms with E-state index in [4.69, 9.17) is 46.9 Å². The lowest BCUT2D eigenvalue weighted by atomic mass is 10.1. The second-order valence-corrected chi connectivity index (χ2v) is 9.69. The Morgan fingerprint density at radius 1 is 0.829 bits per heavy atom. The van der Waals surface area contributed by atoms with E-state index < -0.39 is 18.2 Å². The molecule has 11 heteroatoms. The van der Waals surface area contributed by atoms with Crippen molar-refractivity contribution in [1.82, 2.24) is 4.90 Å². The number of carbonyl (C=O) groups excluding carboxylic acids is 1. The van der Waals surface area contributed by atoms with E-state index in [0.29, 0.717) is 59.2 Å². The lowest BCUT2D eigenvalue weighted by Crippen LogP contribution is -2.38. The molecule has 220 valence electrons. The molecule has 1 atom stereocenters. The molecule has 0 fully saturated rings. The number of methoxy groups -OCH3 is 1. The van der Waals surface area contributed by atoms with Gasteiger partial charge in [-0.1, -0.05) is 35.3 Å². The van der Waals surface area contributed by atoms with Crippen LogP contribution in [-0.2, 0) is 16.0 Å². The van der Waals surface area contributed by atoms with E-state index in [2.05, 4.69) is 0 Å². The van der Waals surface area contributed by atoms with E-state index in [0.717, 1.165) is 5.56 Å². The number of halogens is 2. The quantitative estimate of drug-likeness (QED) is 0.187. The topological polar surface area (TPSA) is 104 Å². The van der Waals surface area contributed by atoms with Crippen LogP contribution >= 0.6 is 23.2 Å². The molecule has 1 N–H and O–H groups in total. The fourth-order valence-electron chi connectivity index (χ4n) is 3.79. The molecule has 0 radical (unpaired) electrons. The maximum Gasteiger partial charge on any atom is 0.415 e. The second kappa shape index (κ2) is 16.6. The normalized spacial score (nSPS) is 11.4. The molecule has 3 aromatic carbocycles. The number of nitrogens with zero attached hydrogens (tertiary/aromatic N) is 1. The molecule has 0 saturated carbocycles. The number of carbonyl (C=O) groups is 2. The van der Waals surface area contributed by atoms with Gasteiger partial charge in [0.05, 0.1) is 20.3 Å². The predicted octanol–water partition coefficient (Wildman–Crippen LogP) is 6.38. The minimum atomic E-state index is -1.00. The first kappa shape index (κ1) is 31.9. The van der Waals surface area contributed by atoms with Gasteiger partial charge in [-0.25, -0.2) is 9.59 Å². The molecule has 3 aromatic rings. The summed E-state index contributed by atoms with van der Waals surface area (Å²) in [5.74, 6) is 1.15. The molecular formula is C30H33Cl2NO8. The zero-order valence-electron chi connectivity index (χ0n) is 22.9. The number of rotatable bonds is 16. The van der Waals surface area contributed by atoms with E-state index in [1.165, 1.54) is 4.90 Å². The summed E-state index contributed by atoms with van der Waals surface area (Å²) in [7, 11) is 1.56. The minimum absolute atomic E-state index is 0.207. The van der Waals surface area contributed by atoms with Crippen LogP contribution in [0.3, 0.4) is 0 Å². The highest BCUT2D eigenvalue weighted by molar-refractivity contribution is 6.34. The average Bonchev–Trinajstić information content (AvgIpc) is 2.94. The minimum Gasteiger partial charge on any atom is -0.497 e. The van der Waals surface area contributed by atoms with Crippen LogP contribution in [0.5, 0.6) is 23.0 Å². The van der Waals surface area contributed by atoms with Gasteiger partial charge in [-0.05, 0) is 73.5 Å². The molecule has 0 bridgehead atoms. The highest BCUT2D eigenvalue weighted by Crippen LogP contribution is 2.24. The van der Waals surface area contributed by atoms with Crippen molar-refractivity contribution in [2.45, 2.75) is 25.9 Å². The van der Waals surface area contributed by atoms with E-state index >= 15 is 0 Å². The van der Waals surface area contributed by atoms with Crippen molar-refractivity contribution in [3.63, 3.8) is 0 Å². The zero-order valence-corrected chi connectivity index (χ0v) is 24.4. The lowest BCUT2D eigenvalue weighted by Gasteiger charge is -2.22. The fraction of sp³-hybridized carbons (Fsp3) is 0.333. The SMILES string of the molecule is CCOC(Cc1ccc(OCCN(CCCOc2cc(Cl)cc(Cl)c2)C(=O)Oc2ccc(OC)cc2)cc1)C(=O)O. The van der Waals surface area contributed by atoms with Crippen LogP contribution in [-0.4, -0.2) is 68.2 Å². The first-order valence-corrected chi connectivity index (χ1v) is 13.8. The van der Waals surface area contributed by atoms with Crippen LogP contribution in [0, 0.1) is 0 Å². The van der Waals surface area contributed by atoms with Gasteiger partial charge in [0.25, 0.3) is 0 Å². The Morgan fingerprint density at radius 2 is 1.44 bits per heavy atom. The molecule has 0 saturated heterocycles. The second-order valence-electron chi connectivity index (χ2n) is 8.82. The average molecular weight is 606 g/mol. The Morgan fingerprint density at radius 3 is 2.05 bits per heavy atom. The molecule has 0 spiro atoms. The zero-order chi connectivity index (χ0) is 29.6. The van der Waals surface area contributed by atoms with Crippen molar-refractivity contribution < 1.29 is 38.4 Å². The Hall–Kier alpha value is -3.66. The van der Waals surface area contributed by atoms with E-state index in [1.807, 2.05) is 0 Å². The lowest BCUT2D eigenvalue weighted by molar-refractivity contribution is -0.149. The molecular weight excluding hydrogens is 573 g/mol. The third kappa shape index (κ3) is 11.0. The van der Waals surface area contributed by atoms with Gasteiger partial charge in [0.15, 0.2) is 6.10 Å². The molecule has 9 nitrogen and oxygen atoms in total. The Bertz CT molecular complexity index is 1230. The Labute approximate surface area is 249 Å². The summed E-state index contributed by atoms with van der Waals surface area (Å²) in [5, 5.41) is 10.2. The van der Waals surface area contributed by atoms with Crippen molar-refractivity contribution in [3.05, 3.63) is 82.3 Å². The first-order valence-electron chi connectivity index (χ1n) is 13.0. The predicted molar refractivity (Wildman–Crippen MR) is 156 cm³/mol. The van der Waals surface area contributed by atoms with Crippen molar-refractivity contribution in [3.8, 4) is 23.0 Å². The maximum atomic E-state index is 13.0. The van der Waals surface area contributed by atoms with Crippen LogP contribution in [0.25, 0.3) is 0 Å². The van der Waals surface area contributed by atoms with Crippen LogP contribution in [0.2, 0.25) is 10.0 Å². The number of hydrogen-bond acceptors (Lipinski definition) is 7. The number of carboxylic acid groups (broad SMARTS) is 1. The van der Waals surface area contributed by atoms with Crippen molar-refractivity contribution >= 4 is 35.3 Å². The van der Waals surface area contributed by atoms with Gasteiger partial charge in [-0.3, -0.25) is 0 Å². The van der Waals surface area contributed by atoms with Crippen molar-refractivity contribution in [2.24, 2.45) is 0 Å². The highest BCUT2D eigenvalue weighted by atomic mass is 35.5. The van der Waals surface area contributed by atoms with Gasteiger partial charge >= 0.3 is 12.1 Å². The van der Waals surface area contributed by atoms with Gasteiger partial charge in [-0.15, -0.1) is 0 Å². The van der Waals surface area contributed by atoms with Crippen LogP contribution in [0.4, 0.5) is 4.79 Å². The molecule has 3 rings (SSSR count). The van der Waals surface area contributed by atoms with Crippen LogP contribution in [0.15, 0.2) is 66.7 Å². The standard InChI is InChI=1S/C30H33Cl2NO8/c1-3-38-28(29(34)35)17-21-5-7-25(8-6-21)40-16-14-33(30(36)41-26-11-9-24(37-2)10-12-26)13-4-15-39-27-19-22(31)18-23(32)20-27/h5-12,18-20,28H,3-4,13-17H2,1-2H3,(H,34,35). The summed E-state index contributed by atoms with van der Waals surface area (Å²) < 4.78 is 27.6. The molecule has 1 unspecified atom stereocenters. The van der Waals surface area contributed by atoms with Gasteiger partial charge in [0, 0.05) is 29.6 Å². The largest absolute Gasteiger partial charge is 0.497 e. The number of hydrogen-bond donors (Lipinski definition) is 1. The number of amides is 1. The number of ether oxygens (including phenoxy) is 5. The first-order chi connectivity index (χ1) is 19.8. The molecule has 0 aliphatic rings. The summed E-state index contributed by atoms with van der Waals surface area (Å²) in [6.07, 6.45) is -0.675. The highest BCUT2D eigenvalue weighted by Gasteiger charge is 2.19. The fourth-order valence-corrected chi connectivity index (χ4v) is 4.30. The monoisotopic (exact) mass is 605 g/mol. The smallest absolute Gasteiger partial charge is 0.415 e. The van der Waals surface area contributed by atoms with Crippen LogP contribution < -0.4 is 18.9 Å². The van der Waals surface area contributed by atoms with Crippen molar-refractivity contribution in [2.75, 3.05) is 40.0 Å². The van der Waals surface area contributed by atoms with Gasteiger partial charge in [0.1, 0.15) is 29.6 Å². The van der Waals surface area contributed by atoms with Crippen LogP contribution in [0.1, 0.15) is 18.9 Å². The summed E-state index contributed by atoms with van der Waals surface area (Å²) in [4.78, 5) is 25.9. The molecule has 0 aliphatic heterocycles. The number of aliphatic carboxylic acids is 1. The molecule has 0 heterocycles. The summed E-state index contributed by atoms with van der Waals surface area (Å²) in [5.41, 5.74) is 0.809. The maximum absolute atomic E-state index is 13.0. The third-order valence-electron chi connectivity index (χ3n) is 5.82. The van der Waals surface area contributed by atoms with Gasteiger partial charge in [0.2, 0.25) is 0 Å². The molecule has 0 aliphatic carbocycles. The van der Waals surface area contributed by atoms with Gasteiger partial charge in [-0.2, -0.15) is 0 Å². The summed E-state index contributed by atoms with van der Waals surface area (Å²) in [6, 6.07) is 18.8. The summed E-state index contributed by atoms with van der Waals surface area (Å²) >= 11 is 12.1. The number of carboxylic acids is 1. The van der Waals surface area contributed by atoms with E-state index in [9.17, 15) is 14.7 Å². The van der Waals surface area contributed by atoms with Gasteiger partial charge < -0.3 is 33.7 Å². The number of benzene rings is 3. The molecule has 41 heavy (non-hydrogen) atoms. The molecule has 1 amide bonds. The molecule has 0 aromatic heterocycles. The Kier molecular flexibility index (Phi) is 12.9. The van der Waals surface area contributed by atoms with E-state index in [-0.39, 0.29) is 19.6 Å². The van der Waals surface area contributed by atoms with E-state index in [1.54, 1.807) is 80.8 Å².